The first-order valence-electron chi connectivity index (χ1n) is 10.9. The van der Waals surface area contributed by atoms with Gasteiger partial charge < -0.3 is 19.3 Å². The molecule has 1 amide bonds. The lowest BCUT2D eigenvalue weighted by Crippen LogP contribution is -2.49. The van der Waals surface area contributed by atoms with Crippen molar-refractivity contribution in [2.45, 2.75) is 104 Å². The number of carbonyl (C=O) groups is 2. The topological polar surface area (TPSA) is 85.3 Å². The Labute approximate surface area is 176 Å². The van der Waals surface area contributed by atoms with Crippen molar-refractivity contribution in [2.24, 2.45) is 11.8 Å². The molecule has 1 saturated heterocycles. The van der Waals surface area contributed by atoms with Crippen LogP contribution in [0.15, 0.2) is 0 Å². The van der Waals surface area contributed by atoms with Gasteiger partial charge in [0.2, 0.25) is 0 Å². The number of rotatable bonds is 7. The summed E-state index contributed by atoms with van der Waals surface area (Å²) in [6.07, 6.45) is 3.03. The van der Waals surface area contributed by atoms with Crippen LogP contribution in [0, 0.1) is 11.8 Å². The maximum Gasteiger partial charge on any atom is 0.412 e. The van der Waals surface area contributed by atoms with E-state index in [4.69, 9.17) is 14.2 Å². The van der Waals surface area contributed by atoms with E-state index >= 15 is 0 Å². The van der Waals surface area contributed by atoms with Gasteiger partial charge in [-0.15, -0.1) is 0 Å². The molecular formula is C22H41NO6. The normalized spacial score (nSPS) is 27.2. The highest BCUT2D eigenvalue weighted by Gasteiger charge is 2.38. The summed E-state index contributed by atoms with van der Waals surface area (Å²) in [7, 11) is 1.47. The highest BCUT2D eigenvalue weighted by Crippen LogP contribution is 2.29. The van der Waals surface area contributed by atoms with Gasteiger partial charge in [-0.05, 0) is 58.8 Å². The third-order valence-corrected chi connectivity index (χ3v) is 5.59. The molecule has 0 saturated carbocycles. The Hall–Kier alpha value is -1.34. The van der Waals surface area contributed by atoms with Gasteiger partial charge in [-0.1, -0.05) is 33.1 Å². The number of aliphatic hydroxyl groups excluding tert-OH is 1. The monoisotopic (exact) mass is 415 g/mol. The Balaban J connectivity index is 2.95. The molecule has 7 heteroatoms. The van der Waals surface area contributed by atoms with Crippen LogP contribution in [0.3, 0.4) is 0 Å². The van der Waals surface area contributed by atoms with E-state index in [1.54, 1.807) is 27.7 Å². The fraction of sp³-hybridized carbons (Fsp3) is 0.909. The molecule has 1 heterocycles. The molecule has 1 unspecified atom stereocenters. The number of esters is 1. The van der Waals surface area contributed by atoms with Crippen molar-refractivity contribution < 1.29 is 28.9 Å². The minimum absolute atomic E-state index is 0.0664. The van der Waals surface area contributed by atoms with E-state index in [1.165, 1.54) is 12.0 Å². The fourth-order valence-corrected chi connectivity index (χ4v) is 3.61. The maximum absolute atomic E-state index is 12.8. The standard InChI is InChI=1S/C22H41NO6/c1-8-15(2)12-13-17-10-9-11-18(20(25)28-16(3)19(17)24)23(14-27-7)21(26)29-22(4,5)6/h15-19,24H,8-14H2,1-7H3/t15?,16-,17+,18-,19-/m0/s1. The van der Waals surface area contributed by atoms with E-state index in [2.05, 4.69) is 13.8 Å². The summed E-state index contributed by atoms with van der Waals surface area (Å²) in [5.74, 6) is 0.148. The first-order chi connectivity index (χ1) is 13.5. The third kappa shape index (κ3) is 8.51. The molecule has 29 heavy (non-hydrogen) atoms. The van der Waals surface area contributed by atoms with Gasteiger partial charge >= 0.3 is 12.1 Å². The Morgan fingerprint density at radius 1 is 1.34 bits per heavy atom. The van der Waals surface area contributed by atoms with Crippen LogP contribution in [0.2, 0.25) is 0 Å². The molecule has 7 nitrogen and oxygen atoms in total. The smallest absolute Gasteiger partial charge is 0.412 e. The van der Waals surface area contributed by atoms with Gasteiger partial charge in [0.25, 0.3) is 0 Å². The van der Waals surface area contributed by atoms with Gasteiger partial charge in [0.05, 0.1) is 6.10 Å². The Morgan fingerprint density at radius 2 is 2.00 bits per heavy atom. The minimum atomic E-state index is -0.798. The second-order valence-electron chi connectivity index (χ2n) is 9.30. The highest BCUT2D eigenvalue weighted by atomic mass is 16.6. The fourth-order valence-electron chi connectivity index (χ4n) is 3.61. The average Bonchev–Trinajstić information content (AvgIpc) is 2.67. The van der Waals surface area contributed by atoms with Crippen molar-refractivity contribution in [2.75, 3.05) is 13.8 Å². The summed E-state index contributed by atoms with van der Waals surface area (Å²) in [5.41, 5.74) is -0.684. The lowest BCUT2D eigenvalue weighted by Gasteiger charge is -2.32. The number of aliphatic hydroxyl groups is 1. The quantitative estimate of drug-likeness (QED) is 0.497. The Morgan fingerprint density at radius 3 is 2.55 bits per heavy atom. The molecule has 1 aliphatic rings. The largest absolute Gasteiger partial charge is 0.458 e. The van der Waals surface area contributed by atoms with Crippen molar-refractivity contribution in [3.05, 3.63) is 0 Å². The number of ether oxygens (including phenoxy) is 3. The van der Waals surface area contributed by atoms with Gasteiger partial charge in [0.1, 0.15) is 24.5 Å². The van der Waals surface area contributed by atoms with Crippen molar-refractivity contribution in [3.8, 4) is 0 Å². The van der Waals surface area contributed by atoms with Crippen molar-refractivity contribution >= 4 is 12.1 Å². The van der Waals surface area contributed by atoms with Gasteiger partial charge in [-0.3, -0.25) is 4.90 Å². The van der Waals surface area contributed by atoms with E-state index in [0.29, 0.717) is 18.8 Å². The van der Waals surface area contributed by atoms with Crippen LogP contribution < -0.4 is 0 Å². The van der Waals surface area contributed by atoms with Crippen molar-refractivity contribution in [3.63, 3.8) is 0 Å². The van der Waals surface area contributed by atoms with Gasteiger partial charge in [0.15, 0.2) is 0 Å². The first kappa shape index (κ1) is 25.7. The van der Waals surface area contributed by atoms with Crippen LogP contribution >= 0.6 is 0 Å². The number of amides is 1. The zero-order valence-corrected chi connectivity index (χ0v) is 19.3. The number of carbonyl (C=O) groups excluding carboxylic acids is 2. The molecule has 0 bridgehead atoms. The number of cyclic esters (lactones) is 1. The molecule has 1 N–H and O–H groups in total. The zero-order valence-electron chi connectivity index (χ0n) is 19.3. The van der Waals surface area contributed by atoms with Gasteiger partial charge in [0, 0.05) is 7.11 Å². The number of nitrogens with zero attached hydrogens (tertiary/aromatic N) is 1. The summed E-state index contributed by atoms with van der Waals surface area (Å²) in [5, 5.41) is 10.8. The summed E-state index contributed by atoms with van der Waals surface area (Å²) in [6.45, 7) is 11.4. The van der Waals surface area contributed by atoms with E-state index < -0.39 is 35.9 Å². The summed E-state index contributed by atoms with van der Waals surface area (Å²) < 4.78 is 16.2. The summed E-state index contributed by atoms with van der Waals surface area (Å²) in [4.78, 5) is 26.8. The number of hydrogen-bond acceptors (Lipinski definition) is 6. The molecule has 0 aromatic rings. The van der Waals surface area contributed by atoms with Gasteiger partial charge in [-0.25, -0.2) is 9.59 Å². The Kier molecular flexibility index (Phi) is 10.4. The molecule has 1 fully saturated rings. The second kappa shape index (κ2) is 11.7. The Bertz CT molecular complexity index is 518. The molecule has 0 aliphatic carbocycles. The third-order valence-electron chi connectivity index (χ3n) is 5.59. The lowest BCUT2D eigenvalue weighted by atomic mass is 9.86. The van der Waals surface area contributed by atoms with Crippen LogP contribution in [0.4, 0.5) is 4.79 Å². The first-order valence-corrected chi connectivity index (χ1v) is 10.9. The van der Waals surface area contributed by atoms with Crippen LogP contribution in [0.5, 0.6) is 0 Å². The molecule has 0 spiro atoms. The SMILES string of the molecule is CCC(C)CC[C@H]1CCC[C@H](N(COC)C(=O)OC(C)(C)C)C(=O)O[C@@H](C)[C@@H]1O. The molecule has 0 aromatic heterocycles. The van der Waals surface area contributed by atoms with E-state index in [0.717, 1.165) is 25.7 Å². The average molecular weight is 416 g/mol. The number of methoxy groups -OCH3 is 1. The van der Waals surface area contributed by atoms with Gasteiger partial charge in [-0.2, -0.15) is 0 Å². The van der Waals surface area contributed by atoms with Crippen LogP contribution in [-0.2, 0) is 19.0 Å². The zero-order chi connectivity index (χ0) is 22.2. The summed E-state index contributed by atoms with van der Waals surface area (Å²) >= 11 is 0. The number of hydrogen-bond donors (Lipinski definition) is 1. The van der Waals surface area contributed by atoms with E-state index in [1.807, 2.05) is 0 Å². The van der Waals surface area contributed by atoms with Crippen molar-refractivity contribution in [1.29, 1.82) is 0 Å². The van der Waals surface area contributed by atoms with Crippen molar-refractivity contribution in [1.82, 2.24) is 4.90 Å². The molecule has 170 valence electrons. The maximum atomic E-state index is 12.8. The molecule has 0 radical (unpaired) electrons. The molecular weight excluding hydrogens is 374 g/mol. The minimum Gasteiger partial charge on any atom is -0.458 e. The molecule has 5 atom stereocenters. The summed E-state index contributed by atoms with van der Waals surface area (Å²) in [6, 6.07) is -0.798. The predicted octanol–water partition coefficient (Wildman–Crippen LogP) is 4.12. The highest BCUT2D eigenvalue weighted by molar-refractivity contribution is 5.81. The van der Waals surface area contributed by atoms with E-state index in [9.17, 15) is 14.7 Å². The van der Waals surface area contributed by atoms with Crippen LogP contribution in [0.1, 0.15) is 80.1 Å². The molecule has 0 aromatic carbocycles. The van der Waals surface area contributed by atoms with Crippen LogP contribution in [0.25, 0.3) is 0 Å². The molecule has 1 aliphatic heterocycles. The second-order valence-corrected chi connectivity index (χ2v) is 9.30. The lowest BCUT2D eigenvalue weighted by molar-refractivity contribution is -0.163. The predicted molar refractivity (Wildman–Crippen MR) is 111 cm³/mol. The van der Waals surface area contributed by atoms with Crippen LogP contribution in [-0.4, -0.2) is 59.8 Å². The molecule has 1 rings (SSSR count). The van der Waals surface area contributed by atoms with E-state index in [-0.39, 0.29) is 12.6 Å².